The zero-order chi connectivity index (χ0) is 20.5. The summed E-state index contributed by atoms with van der Waals surface area (Å²) in [6.45, 7) is 11.9. The number of aryl methyl sites for hydroxylation is 4. The lowest BCUT2D eigenvalue weighted by Crippen LogP contribution is -2.25. The predicted molar refractivity (Wildman–Crippen MR) is 112 cm³/mol. The Kier molecular flexibility index (Phi) is 3.95. The lowest BCUT2D eigenvalue weighted by atomic mass is 9.90. The van der Waals surface area contributed by atoms with Gasteiger partial charge in [-0.05, 0) is 87.1 Å². The summed E-state index contributed by atoms with van der Waals surface area (Å²) in [6.07, 6.45) is 1.89. The van der Waals surface area contributed by atoms with E-state index in [4.69, 9.17) is 0 Å². The first-order valence-electron chi connectivity index (χ1n) is 9.49. The van der Waals surface area contributed by atoms with Crippen LogP contribution in [-0.4, -0.2) is 19.6 Å². The molecular formula is C23H26FN3O. The number of aliphatic hydroxyl groups is 1. The van der Waals surface area contributed by atoms with Crippen molar-refractivity contribution in [2.75, 3.05) is 0 Å². The predicted octanol–water partition coefficient (Wildman–Crippen LogP) is 5.07. The Bertz CT molecular complexity index is 1260. The molecule has 1 unspecified atom stereocenters. The molecule has 0 bridgehead atoms. The molecule has 0 radical (unpaired) electrons. The molecule has 2 N–H and O–H groups in total. The van der Waals surface area contributed by atoms with Gasteiger partial charge in [-0.15, -0.1) is 0 Å². The summed E-state index contributed by atoms with van der Waals surface area (Å²) in [5.41, 5.74) is 8.64. The monoisotopic (exact) mass is 379 g/mol. The Morgan fingerprint density at radius 3 is 2.36 bits per heavy atom. The second kappa shape index (κ2) is 5.92. The number of aromatic nitrogens is 3. The lowest BCUT2D eigenvalue weighted by Gasteiger charge is -2.23. The highest BCUT2D eigenvalue weighted by Gasteiger charge is 2.39. The number of nitrogens with one attached hydrogen (secondary N) is 1. The summed E-state index contributed by atoms with van der Waals surface area (Å²) in [5.74, 6) is -2.80. The van der Waals surface area contributed by atoms with Crippen LogP contribution in [-0.2, 0) is 12.9 Å². The summed E-state index contributed by atoms with van der Waals surface area (Å²) in [6, 6.07) is 3.81. The lowest BCUT2D eigenvalue weighted by molar-refractivity contribution is -0.0607. The number of aromatic amines is 1. The molecular weight excluding hydrogens is 353 g/mol. The average molecular weight is 379 g/mol. The van der Waals surface area contributed by atoms with Crippen molar-refractivity contribution in [1.82, 2.24) is 14.5 Å². The molecule has 2 heterocycles. The maximum Gasteiger partial charge on any atom is 0.292 e. The maximum atomic E-state index is 16.1. The molecule has 0 aliphatic carbocycles. The van der Waals surface area contributed by atoms with Crippen LogP contribution in [0.1, 0.15) is 44.8 Å². The number of alkyl halides is 1. The fourth-order valence-corrected chi connectivity index (χ4v) is 4.32. The van der Waals surface area contributed by atoms with Crippen LogP contribution < -0.4 is 0 Å². The Morgan fingerprint density at radius 1 is 1.00 bits per heavy atom. The fourth-order valence-electron chi connectivity index (χ4n) is 4.32. The summed E-state index contributed by atoms with van der Waals surface area (Å²) in [5, 5.41) is 11.8. The Labute approximate surface area is 164 Å². The minimum absolute atomic E-state index is 0.0768. The van der Waals surface area contributed by atoms with Gasteiger partial charge in [0.2, 0.25) is 0 Å². The molecule has 0 spiro atoms. The van der Waals surface area contributed by atoms with E-state index >= 15 is 4.39 Å². The summed E-state index contributed by atoms with van der Waals surface area (Å²) in [7, 11) is 1.93. The zero-order valence-electron chi connectivity index (χ0n) is 17.5. The van der Waals surface area contributed by atoms with Crippen LogP contribution in [0.5, 0.6) is 0 Å². The summed E-state index contributed by atoms with van der Waals surface area (Å²) >= 11 is 0. The number of nitrogens with zero attached hydrogens (tertiary/aromatic N) is 2. The molecule has 0 aliphatic heterocycles. The van der Waals surface area contributed by atoms with Crippen molar-refractivity contribution >= 4 is 21.9 Å². The molecule has 0 amide bonds. The molecule has 2 aromatic carbocycles. The van der Waals surface area contributed by atoms with Gasteiger partial charge in [0.05, 0.1) is 16.6 Å². The van der Waals surface area contributed by atoms with Gasteiger partial charge in [0.25, 0.3) is 5.85 Å². The molecule has 2 aromatic heterocycles. The van der Waals surface area contributed by atoms with Crippen molar-refractivity contribution in [2.24, 2.45) is 7.05 Å². The topological polar surface area (TPSA) is 53.8 Å². The number of H-pyrrole nitrogens is 1. The van der Waals surface area contributed by atoms with Gasteiger partial charge in [-0.25, -0.2) is 4.98 Å². The van der Waals surface area contributed by atoms with Crippen LogP contribution in [0.2, 0.25) is 0 Å². The van der Waals surface area contributed by atoms with Crippen molar-refractivity contribution < 1.29 is 9.50 Å². The van der Waals surface area contributed by atoms with Crippen molar-refractivity contribution in [3.05, 3.63) is 63.1 Å². The highest BCUT2D eigenvalue weighted by Crippen LogP contribution is 2.41. The van der Waals surface area contributed by atoms with E-state index in [1.807, 2.05) is 71.5 Å². The molecule has 0 saturated heterocycles. The summed E-state index contributed by atoms with van der Waals surface area (Å²) in [4.78, 5) is 7.51. The molecule has 5 heteroatoms. The average Bonchev–Trinajstić information content (AvgIpc) is 3.22. The van der Waals surface area contributed by atoms with E-state index in [1.54, 1.807) is 0 Å². The first kappa shape index (κ1) is 18.7. The van der Waals surface area contributed by atoms with E-state index in [0.717, 1.165) is 44.4 Å². The van der Waals surface area contributed by atoms with Gasteiger partial charge in [0, 0.05) is 24.2 Å². The normalized spacial score (nSPS) is 14.2. The van der Waals surface area contributed by atoms with Gasteiger partial charge >= 0.3 is 0 Å². The number of imidazole rings is 1. The van der Waals surface area contributed by atoms with E-state index in [-0.39, 0.29) is 11.4 Å². The molecule has 0 fully saturated rings. The number of hydrogen-bond acceptors (Lipinski definition) is 2. The quantitative estimate of drug-likeness (QED) is 0.511. The first-order chi connectivity index (χ1) is 13.1. The Hall–Kier alpha value is -2.66. The fraction of sp³-hybridized carbons (Fsp3) is 0.348. The third-order valence-corrected chi connectivity index (χ3v) is 6.44. The molecule has 4 aromatic rings. The van der Waals surface area contributed by atoms with E-state index in [9.17, 15) is 5.11 Å². The Morgan fingerprint density at radius 2 is 1.68 bits per heavy atom. The zero-order valence-corrected chi connectivity index (χ0v) is 17.5. The molecule has 0 aliphatic rings. The maximum absolute atomic E-state index is 16.1. The number of halogens is 1. The van der Waals surface area contributed by atoms with Gasteiger partial charge in [0.15, 0.2) is 5.82 Å². The van der Waals surface area contributed by atoms with Crippen LogP contribution in [0.25, 0.3) is 21.9 Å². The smallest absolute Gasteiger partial charge is 0.292 e. The van der Waals surface area contributed by atoms with Crippen LogP contribution in [0.3, 0.4) is 0 Å². The summed E-state index contributed by atoms with van der Waals surface area (Å²) < 4.78 is 18.1. The molecule has 0 saturated carbocycles. The second-order valence-electron chi connectivity index (χ2n) is 7.99. The third-order valence-electron chi connectivity index (χ3n) is 6.44. The van der Waals surface area contributed by atoms with E-state index in [1.165, 1.54) is 0 Å². The molecule has 4 nitrogen and oxygen atoms in total. The Balaban J connectivity index is 2.05. The SMILES string of the molecule is Cc1cc2[nH]c(C(O)(F)c3c(C)c(C)c(C)c4c3ccn4C)nc2c(C)c1C. The minimum Gasteiger partial charge on any atom is -0.352 e. The van der Waals surface area contributed by atoms with Crippen LogP contribution in [0.4, 0.5) is 4.39 Å². The van der Waals surface area contributed by atoms with Gasteiger partial charge in [-0.2, -0.15) is 4.39 Å². The van der Waals surface area contributed by atoms with E-state index in [2.05, 4.69) is 9.97 Å². The largest absolute Gasteiger partial charge is 0.352 e. The van der Waals surface area contributed by atoms with Crippen molar-refractivity contribution in [2.45, 2.75) is 47.4 Å². The third kappa shape index (κ3) is 2.35. The van der Waals surface area contributed by atoms with Crippen molar-refractivity contribution in [1.29, 1.82) is 0 Å². The van der Waals surface area contributed by atoms with Crippen molar-refractivity contribution in [3.8, 4) is 0 Å². The minimum atomic E-state index is -2.73. The number of fused-ring (bicyclic) bond motifs is 2. The van der Waals surface area contributed by atoms with Crippen LogP contribution in [0.15, 0.2) is 18.3 Å². The molecule has 1 atom stereocenters. The van der Waals surface area contributed by atoms with Gasteiger partial charge < -0.3 is 14.7 Å². The second-order valence-corrected chi connectivity index (χ2v) is 7.99. The standard InChI is InChI=1S/C23H26FN3O/c1-11-10-18-20(15(5)12(11)2)26-22(25-18)23(24,28)19-14(4)13(3)16(6)21-17(19)8-9-27(21)7/h8-10,28H,1-7H3,(H,25,26). The van der Waals surface area contributed by atoms with Crippen LogP contribution >= 0.6 is 0 Å². The highest BCUT2D eigenvalue weighted by atomic mass is 19.2. The van der Waals surface area contributed by atoms with Gasteiger partial charge in [-0.1, -0.05) is 0 Å². The van der Waals surface area contributed by atoms with Gasteiger partial charge in [-0.3, -0.25) is 0 Å². The number of rotatable bonds is 2. The number of hydrogen-bond donors (Lipinski definition) is 2. The highest BCUT2D eigenvalue weighted by molar-refractivity contribution is 5.90. The molecule has 146 valence electrons. The van der Waals surface area contributed by atoms with Crippen molar-refractivity contribution in [3.63, 3.8) is 0 Å². The van der Waals surface area contributed by atoms with E-state index < -0.39 is 5.85 Å². The molecule has 4 rings (SSSR count). The van der Waals surface area contributed by atoms with Crippen LogP contribution in [0, 0.1) is 41.5 Å². The van der Waals surface area contributed by atoms with Gasteiger partial charge in [0.1, 0.15) is 0 Å². The van der Waals surface area contributed by atoms with E-state index in [0.29, 0.717) is 10.9 Å². The first-order valence-corrected chi connectivity index (χ1v) is 9.49. The number of benzene rings is 2. The molecule has 28 heavy (non-hydrogen) atoms.